The van der Waals surface area contributed by atoms with Crippen LogP contribution in [0.1, 0.15) is 11.1 Å². The first-order valence-corrected chi connectivity index (χ1v) is 8.67. The van der Waals surface area contributed by atoms with Crippen LogP contribution in [-0.2, 0) is 6.61 Å². The monoisotopic (exact) mass is 378 g/mol. The van der Waals surface area contributed by atoms with E-state index >= 15 is 0 Å². The van der Waals surface area contributed by atoms with Crippen LogP contribution in [0.15, 0.2) is 71.3 Å². The van der Waals surface area contributed by atoms with Crippen molar-refractivity contribution >= 4 is 0 Å². The molecule has 140 valence electrons. The SMILES string of the molecule is Cc1ccccc1-c1nc(-c2ccc(OCc3cc(F)ccc3F)cc2)no1. The van der Waals surface area contributed by atoms with Crippen LogP contribution in [0.25, 0.3) is 22.8 Å². The first-order valence-electron chi connectivity index (χ1n) is 8.67. The maximum atomic E-state index is 13.7. The molecule has 4 rings (SSSR count). The van der Waals surface area contributed by atoms with Gasteiger partial charge in [-0.2, -0.15) is 4.98 Å². The zero-order chi connectivity index (χ0) is 19.5. The number of aromatic nitrogens is 2. The minimum Gasteiger partial charge on any atom is -0.489 e. The molecule has 0 spiro atoms. The molecule has 0 saturated heterocycles. The second kappa shape index (κ2) is 7.60. The van der Waals surface area contributed by atoms with Crippen LogP contribution in [0, 0.1) is 18.6 Å². The summed E-state index contributed by atoms with van der Waals surface area (Å²) in [5.41, 5.74) is 2.85. The number of rotatable bonds is 5. The molecule has 0 unspecified atom stereocenters. The molecule has 0 amide bonds. The largest absolute Gasteiger partial charge is 0.489 e. The summed E-state index contributed by atoms with van der Waals surface area (Å²) >= 11 is 0. The molecular formula is C22H16F2N2O2. The molecule has 3 aromatic carbocycles. The Bertz CT molecular complexity index is 1110. The van der Waals surface area contributed by atoms with Crippen LogP contribution in [0.4, 0.5) is 8.78 Å². The van der Waals surface area contributed by atoms with Gasteiger partial charge in [0.1, 0.15) is 24.0 Å². The molecule has 0 radical (unpaired) electrons. The summed E-state index contributed by atoms with van der Waals surface area (Å²) in [5, 5.41) is 4.03. The van der Waals surface area contributed by atoms with Crippen molar-refractivity contribution in [3.05, 3.63) is 89.5 Å². The van der Waals surface area contributed by atoms with E-state index in [1.54, 1.807) is 24.3 Å². The lowest BCUT2D eigenvalue weighted by Crippen LogP contribution is -1.99. The molecule has 0 saturated carbocycles. The fourth-order valence-electron chi connectivity index (χ4n) is 2.78. The predicted molar refractivity (Wildman–Crippen MR) is 101 cm³/mol. The Kier molecular flexibility index (Phi) is 4.85. The van der Waals surface area contributed by atoms with Crippen LogP contribution in [-0.4, -0.2) is 10.1 Å². The van der Waals surface area contributed by atoms with E-state index in [0.29, 0.717) is 17.5 Å². The summed E-state index contributed by atoms with van der Waals surface area (Å²) in [6.07, 6.45) is 0. The molecule has 1 aromatic heterocycles. The summed E-state index contributed by atoms with van der Waals surface area (Å²) in [5.74, 6) is 0.427. The van der Waals surface area contributed by atoms with Crippen LogP contribution < -0.4 is 4.74 Å². The van der Waals surface area contributed by atoms with Crippen LogP contribution in [0.2, 0.25) is 0 Å². The summed E-state index contributed by atoms with van der Waals surface area (Å²) in [4.78, 5) is 4.45. The Morgan fingerprint density at radius 2 is 1.75 bits per heavy atom. The number of hydrogen-bond donors (Lipinski definition) is 0. The molecule has 0 atom stereocenters. The van der Waals surface area contributed by atoms with E-state index in [9.17, 15) is 8.78 Å². The molecule has 0 aliphatic carbocycles. The molecule has 4 nitrogen and oxygen atoms in total. The summed E-state index contributed by atoms with van der Waals surface area (Å²) < 4.78 is 37.8. The van der Waals surface area contributed by atoms with E-state index in [4.69, 9.17) is 9.26 Å². The van der Waals surface area contributed by atoms with E-state index in [-0.39, 0.29) is 12.2 Å². The topological polar surface area (TPSA) is 48.2 Å². The minimum atomic E-state index is -0.506. The van der Waals surface area contributed by atoms with E-state index in [1.807, 2.05) is 31.2 Å². The van der Waals surface area contributed by atoms with Crippen molar-refractivity contribution in [3.8, 4) is 28.6 Å². The van der Waals surface area contributed by atoms with Crippen molar-refractivity contribution in [1.29, 1.82) is 0 Å². The third-order valence-corrected chi connectivity index (χ3v) is 4.32. The summed E-state index contributed by atoms with van der Waals surface area (Å²) in [6, 6.07) is 18.0. The van der Waals surface area contributed by atoms with Gasteiger partial charge in [0.25, 0.3) is 5.89 Å². The zero-order valence-corrected chi connectivity index (χ0v) is 15.0. The van der Waals surface area contributed by atoms with E-state index in [1.165, 1.54) is 0 Å². The lowest BCUT2D eigenvalue weighted by atomic mass is 10.1. The lowest BCUT2D eigenvalue weighted by molar-refractivity contribution is 0.299. The van der Waals surface area contributed by atoms with Gasteiger partial charge in [-0.05, 0) is 61.0 Å². The van der Waals surface area contributed by atoms with Gasteiger partial charge >= 0.3 is 0 Å². The highest BCUT2D eigenvalue weighted by molar-refractivity contribution is 5.62. The van der Waals surface area contributed by atoms with Crippen LogP contribution in [0.5, 0.6) is 5.75 Å². The van der Waals surface area contributed by atoms with Gasteiger partial charge in [0, 0.05) is 16.7 Å². The number of nitrogens with zero attached hydrogens (tertiary/aromatic N) is 2. The Hall–Kier alpha value is -3.54. The molecule has 4 aromatic rings. The average Bonchev–Trinajstić information content (AvgIpc) is 3.19. The van der Waals surface area contributed by atoms with Gasteiger partial charge < -0.3 is 9.26 Å². The fraction of sp³-hybridized carbons (Fsp3) is 0.0909. The van der Waals surface area contributed by atoms with Gasteiger partial charge in [-0.1, -0.05) is 23.4 Å². The molecule has 0 bridgehead atoms. The molecule has 0 aliphatic heterocycles. The third-order valence-electron chi connectivity index (χ3n) is 4.32. The number of aryl methyl sites for hydroxylation is 1. The summed E-state index contributed by atoms with van der Waals surface area (Å²) in [7, 11) is 0. The van der Waals surface area contributed by atoms with E-state index in [0.717, 1.165) is 34.9 Å². The normalized spacial score (nSPS) is 10.8. The van der Waals surface area contributed by atoms with Gasteiger partial charge in [-0.3, -0.25) is 0 Å². The third kappa shape index (κ3) is 3.76. The minimum absolute atomic E-state index is 0.0669. The molecule has 1 heterocycles. The lowest BCUT2D eigenvalue weighted by Gasteiger charge is -2.07. The highest BCUT2D eigenvalue weighted by Crippen LogP contribution is 2.26. The smallest absolute Gasteiger partial charge is 0.258 e. The Morgan fingerprint density at radius 1 is 0.964 bits per heavy atom. The highest BCUT2D eigenvalue weighted by atomic mass is 19.1. The molecule has 28 heavy (non-hydrogen) atoms. The predicted octanol–water partition coefficient (Wildman–Crippen LogP) is 5.57. The standard InChI is InChI=1S/C22H16F2N2O2/c1-14-4-2-3-5-19(14)22-25-21(26-28-22)15-6-9-18(10-7-15)27-13-16-12-17(23)8-11-20(16)24/h2-12H,13H2,1H3. The second-order valence-corrected chi connectivity index (χ2v) is 6.29. The first-order chi connectivity index (χ1) is 13.6. The van der Waals surface area contributed by atoms with Crippen LogP contribution >= 0.6 is 0 Å². The highest BCUT2D eigenvalue weighted by Gasteiger charge is 2.12. The van der Waals surface area contributed by atoms with Crippen molar-refractivity contribution in [3.63, 3.8) is 0 Å². The molecule has 0 N–H and O–H groups in total. The van der Waals surface area contributed by atoms with Crippen molar-refractivity contribution in [2.45, 2.75) is 13.5 Å². The first kappa shape index (κ1) is 17.9. The van der Waals surface area contributed by atoms with Crippen molar-refractivity contribution < 1.29 is 18.0 Å². The average molecular weight is 378 g/mol. The maximum Gasteiger partial charge on any atom is 0.258 e. The van der Waals surface area contributed by atoms with E-state index in [2.05, 4.69) is 10.1 Å². The molecule has 6 heteroatoms. The van der Waals surface area contributed by atoms with Crippen molar-refractivity contribution in [1.82, 2.24) is 10.1 Å². The van der Waals surface area contributed by atoms with Crippen molar-refractivity contribution in [2.75, 3.05) is 0 Å². The van der Waals surface area contributed by atoms with Gasteiger partial charge in [-0.25, -0.2) is 8.78 Å². The second-order valence-electron chi connectivity index (χ2n) is 6.29. The summed E-state index contributed by atoms with van der Waals surface area (Å²) in [6.45, 7) is 1.91. The Labute approximate surface area is 160 Å². The molecular weight excluding hydrogens is 362 g/mol. The maximum absolute atomic E-state index is 13.7. The Morgan fingerprint density at radius 3 is 2.54 bits per heavy atom. The van der Waals surface area contributed by atoms with Gasteiger partial charge in [0.05, 0.1) is 0 Å². The number of ether oxygens (including phenoxy) is 1. The fourth-order valence-corrected chi connectivity index (χ4v) is 2.78. The van der Waals surface area contributed by atoms with Crippen LogP contribution in [0.3, 0.4) is 0 Å². The molecule has 0 fully saturated rings. The zero-order valence-electron chi connectivity index (χ0n) is 15.0. The van der Waals surface area contributed by atoms with Gasteiger partial charge in [-0.15, -0.1) is 0 Å². The van der Waals surface area contributed by atoms with E-state index < -0.39 is 11.6 Å². The quantitative estimate of drug-likeness (QED) is 0.456. The number of halogens is 2. The van der Waals surface area contributed by atoms with Crippen molar-refractivity contribution in [2.24, 2.45) is 0 Å². The van der Waals surface area contributed by atoms with Gasteiger partial charge in [0.2, 0.25) is 5.82 Å². The molecule has 0 aliphatic rings. The number of benzene rings is 3. The Balaban J connectivity index is 1.48. The number of hydrogen-bond acceptors (Lipinski definition) is 4. The van der Waals surface area contributed by atoms with Gasteiger partial charge in [0.15, 0.2) is 0 Å².